The van der Waals surface area contributed by atoms with Gasteiger partial charge in [0.2, 0.25) is 0 Å². The van der Waals surface area contributed by atoms with Crippen LogP contribution >= 0.6 is 0 Å². The molecule has 0 bridgehead atoms. The topological polar surface area (TPSA) is 12.0 Å². The second-order valence-electron chi connectivity index (χ2n) is 5.55. The molecular formula is C21H23N. The average molecular weight is 289 g/mol. The molecule has 0 fully saturated rings. The van der Waals surface area contributed by atoms with Crippen LogP contribution in [0.2, 0.25) is 0 Å². The van der Waals surface area contributed by atoms with Gasteiger partial charge >= 0.3 is 0 Å². The van der Waals surface area contributed by atoms with E-state index in [0.717, 1.165) is 28.9 Å². The van der Waals surface area contributed by atoms with E-state index in [2.05, 4.69) is 56.2 Å². The van der Waals surface area contributed by atoms with E-state index in [1.165, 1.54) is 16.7 Å². The Bertz CT molecular complexity index is 722. The fraction of sp³-hybridized carbons (Fsp3) is 0.143. The Balaban J connectivity index is 2.10. The van der Waals surface area contributed by atoms with Crippen molar-refractivity contribution in [1.82, 2.24) is 5.32 Å². The zero-order chi connectivity index (χ0) is 16.1. The van der Waals surface area contributed by atoms with Crippen molar-refractivity contribution in [2.75, 3.05) is 0 Å². The SMILES string of the molecule is C=Cc1ccccc1C(=C)NCc1ccc(C(=C)C)c(C)c1. The van der Waals surface area contributed by atoms with Crippen LogP contribution in [0.3, 0.4) is 0 Å². The number of hydrogen-bond acceptors (Lipinski definition) is 1. The smallest absolute Gasteiger partial charge is 0.0400 e. The first-order chi connectivity index (χ1) is 10.5. The summed E-state index contributed by atoms with van der Waals surface area (Å²) in [6.45, 7) is 16.9. The van der Waals surface area contributed by atoms with E-state index in [-0.39, 0.29) is 0 Å². The summed E-state index contributed by atoms with van der Waals surface area (Å²) in [4.78, 5) is 0. The normalized spacial score (nSPS) is 10.1. The molecule has 22 heavy (non-hydrogen) atoms. The lowest BCUT2D eigenvalue weighted by atomic mass is 10.00. The van der Waals surface area contributed by atoms with Gasteiger partial charge in [-0.25, -0.2) is 0 Å². The van der Waals surface area contributed by atoms with E-state index in [1.54, 1.807) is 0 Å². The monoisotopic (exact) mass is 289 g/mol. The van der Waals surface area contributed by atoms with E-state index >= 15 is 0 Å². The van der Waals surface area contributed by atoms with E-state index in [4.69, 9.17) is 0 Å². The molecule has 1 nitrogen and oxygen atoms in total. The minimum absolute atomic E-state index is 0.752. The van der Waals surface area contributed by atoms with Gasteiger partial charge in [-0.15, -0.1) is 0 Å². The molecule has 2 rings (SSSR count). The zero-order valence-corrected chi connectivity index (χ0v) is 13.4. The van der Waals surface area contributed by atoms with Crippen LogP contribution in [0.25, 0.3) is 17.3 Å². The molecule has 0 aliphatic carbocycles. The van der Waals surface area contributed by atoms with Gasteiger partial charge < -0.3 is 5.32 Å². The van der Waals surface area contributed by atoms with Gasteiger partial charge in [-0.1, -0.05) is 73.9 Å². The molecule has 112 valence electrons. The van der Waals surface area contributed by atoms with Crippen molar-refractivity contribution in [3.8, 4) is 0 Å². The first-order valence-electron chi connectivity index (χ1n) is 7.43. The van der Waals surface area contributed by atoms with Gasteiger partial charge in [0.15, 0.2) is 0 Å². The molecule has 0 aliphatic rings. The summed E-state index contributed by atoms with van der Waals surface area (Å²) in [7, 11) is 0. The third-order valence-corrected chi connectivity index (χ3v) is 3.76. The predicted octanol–water partition coefficient (Wildman–Crippen LogP) is 5.43. The number of hydrogen-bond donors (Lipinski definition) is 1. The molecule has 0 saturated heterocycles. The van der Waals surface area contributed by atoms with Gasteiger partial charge in [0.1, 0.15) is 0 Å². The van der Waals surface area contributed by atoms with Crippen molar-refractivity contribution in [1.29, 1.82) is 0 Å². The molecule has 0 aliphatic heterocycles. The van der Waals surface area contributed by atoms with Gasteiger partial charge in [-0.3, -0.25) is 0 Å². The highest BCUT2D eigenvalue weighted by Gasteiger charge is 2.04. The van der Waals surface area contributed by atoms with Gasteiger partial charge in [0.25, 0.3) is 0 Å². The number of rotatable bonds is 6. The first kappa shape index (κ1) is 15.8. The van der Waals surface area contributed by atoms with Crippen LogP contribution in [0.15, 0.2) is 62.2 Å². The Morgan fingerprint density at radius 3 is 2.45 bits per heavy atom. The van der Waals surface area contributed by atoms with E-state index in [1.807, 2.05) is 31.2 Å². The van der Waals surface area contributed by atoms with Crippen molar-refractivity contribution in [3.63, 3.8) is 0 Å². The summed E-state index contributed by atoms with van der Waals surface area (Å²) in [5, 5.41) is 3.40. The molecule has 2 aromatic rings. The molecule has 0 amide bonds. The van der Waals surface area contributed by atoms with Crippen molar-refractivity contribution in [2.45, 2.75) is 20.4 Å². The molecule has 0 unspecified atom stereocenters. The lowest BCUT2D eigenvalue weighted by Gasteiger charge is -2.14. The zero-order valence-electron chi connectivity index (χ0n) is 13.4. The van der Waals surface area contributed by atoms with Crippen LogP contribution in [0, 0.1) is 6.92 Å². The number of aryl methyl sites for hydroxylation is 1. The Morgan fingerprint density at radius 2 is 1.82 bits per heavy atom. The van der Waals surface area contributed by atoms with Gasteiger partial charge in [-0.2, -0.15) is 0 Å². The van der Waals surface area contributed by atoms with Crippen molar-refractivity contribution in [2.24, 2.45) is 0 Å². The maximum atomic E-state index is 4.14. The largest absolute Gasteiger partial charge is 0.381 e. The van der Waals surface area contributed by atoms with E-state index in [9.17, 15) is 0 Å². The van der Waals surface area contributed by atoms with E-state index in [0.29, 0.717) is 0 Å². The van der Waals surface area contributed by atoms with Crippen LogP contribution in [0.5, 0.6) is 0 Å². The van der Waals surface area contributed by atoms with Crippen LogP contribution in [0.1, 0.15) is 34.7 Å². The highest BCUT2D eigenvalue weighted by molar-refractivity contribution is 5.71. The number of benzene rings is 2. The molecular weight excluding hydrogens is 266 g/mol. The molecule has 0 aromatic heterocycles. The van der Waals surface area contributed by atoms with Crippen LogP contribution in [-0.2, 0) is 6.54 Å². The lowest BCUT2D eigenvalue weighted by molar-refractivity contribution is 0.889. The van der Waals surface area contributed by atoms with Crippen molar-refractivity contribution >= 4 is 17.3 Å². The highest BCUT2D eigenvalue weighted by Crippen LogP contribution is 2.20. The minimum Gasteiger partial charge on any atom is -0.381 e. The summed E-state index contributed by atoms with van der Waals surface area (Å²) in [5.41, 5.74) is 7.91. The molecule has 1 heteroatoms. The van der Waals surface area contributed by atoms with Gasteiger partial charge in [0.05, 0.1) is 0 Å². The highest BCUT2D eigenvalue weighted by atomic mass is 14.9. The molecule has 0 spiro atoms. The maximum absolute atomic E-state index is 4.14. The standard InChI is InChI=1S/C21H23N/c1-6-19-9-7-8-10-21(19)17(5)22-14-18-11-12-20(15(2)3)16(4)13-18/h6-13,22H,1-2,5,14H2,3-4H3. The Labute approximate surface area is 133 Å². The summed E-state index contributed by atoms with van der Waals surface area (Å²) in [6.07, 6.45) is 1.86. The molecule has 0 saturated carbocycles. The fourth-order valence-corrected chi connectivity index (χ4v) is 2.57. The summed E-state index contributed by atoms with van der Waals surface area (Å²) >= 11 is 0. The summed E-state index contributed by atoms with van der Waals surface area (Å²) < 4.78 is 0. The van der Waals surface area contributed by atoms with Crippen LogP contribution < -0.4 is 5.32 Å². The van der Waals surface area contributed by atoms with Gasteiger partial charge in [0, 0.05) is 17.8 Å². The molecule has 0 atom stereocenters. The first-order valence-corrected chi connectivity index (χ1v) is 7.43. The predicted molar refractivity (Wildman–Crippen MR) is 98.3 cm³/mol. The van der Waals surface area contributed by atoms with Gasteiger partial charge in [-0.05, 0) is 36.1 Å². The molecule has 0 heterocycles. The third kappa shape index (κ3) is 3.56. The molecule has 0 radical (unpaired) electrons. The van der Waals surface area contributed by atoms with Crippen molar-refractivity contribution in [3.05, 3.63) is 90.0 Å². The fourth-order valence-electron chi connectivity index (χ4n) is 2.57. The lowest BCUT2D eigenvalue weighted by Crippen LogP contribution is -2.12. The van der Waals surface area contributed by atoms with Crippen molar-refractivity contribution < 1.29 is 0 Å². The molecule has 1 N–H and O–H groups in total. The maximum Gasteiger partial charge on any atom is 0.0400 e. The average Bonchev–Trinajstić information content (AvgIpc) is 2.52. The van der Waals surface area contributed by atoms with Crippen LogP contribution in [-0.4, -0.2) is 0 Å². The molecule has 2 aromatic carbocycles. The summed E-state index contributed by atoms with van der Waals surface area (Å²) in [6, 6.07) is 14.6. The van der Waals surface area contributed by atoms with E-state index < -0.39 is 0 Å². The minimum atomic E-state index is 0.752. The number of nitrogens with one attached hydrogen (secondary N) is 1. The number of allylic oxidation sites excluding steroid dienone is 1. The Morgan fingerprint density at radius 1 is 1.09 bits per heavy atom. The second kappa shape index (κ2) is 6.95. The third-order valence-electron chi connectivity index (χ3n) is 3.76. The quantitative estimate of drug-likeness (QED) is 0.747. The second-order valence-corrected chi connectivity index (χ2v) is 5.55. The van der Waals surface area contributed by atoms with Crippen LogP contribution in [0.4, 0.5) is 0 Å². The Kier molecular flexibility index (Phi) is 5.00. The Hall–Kier alpha value is -2.54. The summed E-state index contributed by atoms with van der Waals surface area (Å²) in [5.74, 6) is 0.